The third-order valence-electron chi connectivity index (χ3n) is 7.71. The zero-order valence-corrected chi connectivity index (χ0v) is 22.4. The van der Waals surface area contributed by atoms with Crippen LogP contribution in [0.2, 0.25) is 0 Å². The van der Waals surface area contributed by atoms with E-state index < -0.39 is 17.3 Å². The van der Waals surface area contributed by atoms with Crippen molar-refractivity contribution in [3.63, 3.8) is 0 Å². The monoisotopic (exact) mass is 514 g/mol. The first kappa shape index (κ1) is 25.8. The number of benzene rings is 2. The first-order valence-electron chi connectivity index (χ1n) is 13.0. The van der Waals surface area contributed by atoms with Gasteiger partial charge in [0, 0.05) is 40.3 Å². The van der Waals surface area contributed by atoms with Gasteiger partial charge >= 0.3 is 5.69 Å². The van der Waals surface area contributed by atoms with E-state index in [-0.39, 0.29) is 11.8 Å². The standard InChI is InChI=1S/C29H34N6O3/c1-20(21(2)36)35-24(30-27-26(35)28(37)32(4)29(38)31(27)3)19-33-15-17-34(18-16-33)25(22-11-7-5-8-12-22)23-13-9-6-10-14-23/h5-14,20,25H,15-19H2,1-4H3/t20-/m1/s1. The smallest absolute Gasteiger partial charge is 0.311 e. The van der Waals surface area contributed by atoms with E-state index in [1.807, 2.05) is 12.1 Å². The minimum absolute atomic E-state index is 0.0696. The van der Waals surface area contributed by atoms with Gasteiger partial charge in [-0.1, -0.05) is 60.7 Å². The lowest BCUT2D eigenvalue weighted by molar-refractivity contribution is -0.119. The Morgan fingerprint density at radius 2 is 1.42 bits per heavy atom. The predicted octanol–water partition coefficient (Wildman–Crippen LogP) is 2.49. The Balaban J connectivity index is 1.44. The molecule has 0 amide bonds. The topological polar surface area (TPSA) is 85.4 Å². The molecule has 5 rings (SSSR count). The molecule has 1 atom stereocenters. The molecular weight excluding hydrogens is 480 g/mol. The van der Waals surface area contributed by atoms with Gasteiger partial charge in [0.2, 0.25) is 0 Å². The summed E-state index contributed by atoms with van der Waals surface area (Å²) >= 11 is 0. The summed E-state index contributed by atoms with van der Waals surface area (Å²) < 4.78 is 4.18. The third kappa shape index (κ3) is 4.63. The summed E-state index contributed by atoms with van der Waals surface area (Å²) in [6, 6.07) is 20.7. The number of aryl methyl sites for hydroxylation is 1. The molecule has 0 spiro atoms. The molecule has 1 aliphatic heterocycles. The van der Waals surface area contributed by atoms with Crippen molar-refractivity contribution in [1.82, 2.24) is 28.5 Å². The van der Waals surface area contributed by atoms with Crippen LogP contribution >= 0.6 is 0 Å². The van der Waals surface area contributed by atoms with Gasteiger partial charge in [-0.3, -0.25) is 28.5 Å². The highest BCUT2D eigenvalue weighted by molar-refractivity contribution is 5.82. The molecule has 1 saturated heterocycles. The lowest BCUT2D eigenvalue weighted by Gasteiger charge is -2.39. The van der Waals surface area contributed by atoms with Crippen LogP contribution in [0.3, 0.4) is 0 Å². The van der Waals surface area contributed by atoms with Gasteiger partial charge in [0.1, 0.15) is 5.82 Å². The van der Waals surface area contributed by atoms with Crippen LogP contribution in [0.25, 0.3) is 11.2 Å². The van der Waals surface area contributed by atoms with Crippen LogP contribution in [0.5, 0.6) is 0 Å². The minimum atomic E-state index is -0.568. The molecular formula is C29H34N6O3. The van der Waals surface area contributed by atoms with Gasteiger partial charge in [-0.25, -0.2) is 9.78 Å². The maximum atomic E-state index is 13.1. The van der Waals surface area contributed by atoms with Crippen molar-refractivity contribution in [3.8, 4) is 0 Å². The number of hydrogen-bond donors (Lipinski definition) is 0. The molecule has 0 unspecified atom stereocenters. The summed E-state index contributed by atoms with van der Waals surface area (Å²) in [7, 11) is 3.06. The number of nitrogens with zero attached hydrogens (tertiary/aromatic N) is 6. The van der Waals surface area contributed by atoms with Crippen molar-refractivity contribution in [2.45, 2.75) is 32.5 Å². The quantitative estimate of drug-likeness (QED) is 0.377. The van der Waals surface area contributed by atoms with Gasteiger partial charge < -0.3 is 4.57 Å². The lowest BCUT2D eigenvalue weighted by Crippen LogP contribution is -2.47. The number of fused-ring (bicyclic) bond motifs is 1. The normalized spacial score (nSPS) is 15.8. The zero-order chi connectivity index (χ0) is 27.0. The largest absolute Gasteiger partial charge is 0.332 e. The van der Waals surface area contributed by atoms with Crippen LogP contribution in [-0.4, -0.2) is 60.4 Å². The molecule has 9 heteroatoms. The summed E-state index contributed by atoms with van der Waals surface area (Å²) in [5.41, 5.74) is 2.26. The Hall–Kier alpha value is -3.82. The molecule has 0 bridgehead atoms. The highest BCUT2D eigenvalue weighted by Crippen LogP contribution is 2.30. The number of carbonyl (C=O) groups excluding carboxylic acids is 1. The molecule has 2 aromatic heterocycles. The van der Waals surface area contributed by atoms with E-state index >= 15 is 0 Å². The molecule has 198 valence electrons. The Bertz CT molecular complexity index is 1520. The van der Waals surface area contributed by atoms with Crippen molar-refractivity contribution in [2.75, 3.05) is 26.2 Å². The number of aromatic nitrogens is 4. The van der Waals surface area contributed by atoms with Crippen molar-refractivity contribution >= 4 is 16.9 Å². The lowest BCUT2D eigenvalue weighted by atomic mass is 9.96. The average molecular weight is 515 g/mol. The van der Waals surface area contributed by atoms with Crippen LogP contribution in [0.15, 0.2) is 70.3 Å². The fourth-order valence-electron chi connectivity index (χ4n) is 5.43. The van der Waals surface area contributed by atoms with Crippen molar-refractivity contribution in [2.24, 2.45) is 14.1 Å². The molecule has 2 aromatic carbocycles. The zero-order valence-electron chi connectivity index (χ0n) is 22.4. The molecule has 4 aromatic rings. The number of Topliss-reactive ketones (excluding diaryl/α,β-unsaturated/α-hetero) is 1. The van der Waals surface area contributed by atoms with E-state index in [2.05, 4.69) is 58.3 Å². The second-order valence-corrected chi connectivity index (χ2v) is 10.1. The summed E-state index contributed by atoms with van der Waals surface area (Å²) in [4.78, 5) is 47.6. The van der Waals surface area contributed by atoms with Crippen molar-refractivity contribution in [3.05, 3.63) is 98.5 Å². The van der Waals surface area contributed by atoms with Gasteiger partial charge in [0.05, 0.1) is 18.6 Å². The fourth-order valence-corrected chi connectivity index (χ4v) is 5.43. The highest BCUT2D eigenvalue weighted by atomic mass is 16.2. The second kappa shape index (κ2) is 10.5. The van der Waals surface area contributed by atoms with E-state index in [0.717, 1.165) is 30.7 Å². The molecule has 38 heavy (non-hydrogen) atoms. The maximum Gasteiger partial charge on any atom is 0.332 e. The molecule has 0 aliphatic carbocycles. The Morgan fingerprint density at radius 1 is 0.868 bits per heavy atom. The molecule has 1 aliphatic rings. The van der Waals surface area contributed by atoms with Gasteiger partial charge in [0.25, 0.3) is 5.56 Å². The number of hydrogen-bond acceptors (Lipinski definition) is 6. The molecule has 0 saturated carbocycles. The summed E-state index contributed by atoms with van der Waals surface area (Å²) in [6.07, 6.45) is 0. The fraction of sp³-hybridized carbons (Fsp3) is 0.379. The molecule has 0 radical (unpaired) electrons. The number of piperazine rings is 1. The number of ketones is 1. The predicted molar refractivity (Wildman–Crippen MR) is 147 cm³/mol. The Morgan fingerprint density at radius 3 is 1.95 bits per heavy atom. The number of rotatable bonds is 7. The van der Waals surface area contributed by atoms with E-state index in [1.165, 1.54) is 29.7 Å². The van der Waals surface area contributed by atoms with Crippen LogP contribution in [0.1, 0.15) is 42.9 Å². The molecule has 3 heterocycles. The van der Waals surface area contributed by atoms with E-state index in [4.69, 9.17) is 4.98 Å². The van der Waals surface area contributed by atoms with Gasteiger partial charge in [-0.05, 0) is 25.0 Å². The SMILES string of the molecule is CC(=O)[C@@H](C)n1c(CN2CCN(C(c3ccccc3)c3ccccc3)CC2)nc2c1c(=O)n(C)c(=O)n2C. The minimum Gasteiger partial charge on any atom is -0.311 e. The Kier molecular flexibility index (Phi) is 7.14. The van der Waals surface area contributed by atoms with Crippen LogP contribution in [0.4, 0.5) is 0 Å². The molecule has 9 nitrogen and oxygen atoms in total. The van der Waals surface area contributed by atoms with Gasteiger partial charge in [-0.15, -0.1) is 0 Å². The van der Waals surface area contributed by atoms with E-state index in [9.17, 15) is 14.4 Å². The first-order valence-corrected chi connectivity index (χ1v) is 13.0. The number of imidazole rings is 1. The first-order chi connectivity index (χ1) is 18.3. The van der Waals surface area contributed by atoms with E-state index in [0.29, 0.717) is 23.5 Å². The maximum absolute atomic E-state index is 13.1. The summed E-state index contributed by atoms with van der Waals surface area (Å²) in [6.45, 7) is 7.11. The van der Waals surface area contributed by atoms with Gasteiger partial charge in [-0.2, -0.15) is 0 Å². The second-order valence-electron chi connectivity index (χ2n) is 10.1. The van der Waals surface area contributed by atoms with E-state index in [1.54, 1.807) is 18.5 Å². The van der Waals surface area contributed by atoms with Crippen molar-refractivity contribution < 1.29 is 4.79 Å². The van der Waals surface area contributed by atoms with Crippen LogP contribution in [0, 0.1) is 0 Å². The Labute approximate surface area is 221 Å². The van der Waals surface area contributed by atoms with Crippen LogP contribution < -0.4 is 11.2 Å². The number of carbonyl (C=O) groups is 1. The summed E-state index contributed by atoms with van der Waals surface area (Å²) in [5, 5.41) is 0. The molecule has 1 fully saturated rings. The third-order valence-corrected chi connectivity index (χ3v) is 7.71. The highest BCUT2D eigenvalue weighted by Gasteiger charge is 2.29. The average Bonchev–Trinajstić information content (AvgIpc) is 3.31. The van der Waals surface area contributed by atoms with Gasteiger partial charge in [0.15, 0.2) is 16.9 Å². The molecule has 0 N–H and O–H groups in total. The van der Waals surface area contributed by atoms with Crippen LogP contribution in [-0.2, 0) is 25.4 Å². The summed E-state index contributed by atoms with van der Waals surface area (Å²) in [5.74, 6) is 0.553. The van der Waals surface area contributed by atoms with Crippen molar-refractivity contribution in [1.29, 1.82) is 0 Å².